The van der Waals surface area contributed by atoms with Crippen molar-refractivity contribution < 1.29 is 26.7 Å². The van der Waals surface area contributed by atoms with Crippen molar-refractivity contribution in [2.75, 3.05) is 35.6 Å². The van der Waals surface area contributed by atoms with E-state index in [1.807, 2.05) is 4.90 Å². The molecule has 2 heterocycles. The average Bonchev–Trinajstić information content (AvgIpc) is 3.35. The van der Waals surface area contributed by atoms with Crippen molar-refractivity contribution in [2.24, 2.45) is 4.99 Å². The van der Waals surface area contributed by atoms with Crippen LogP contribution in [0.3, 0.4) is 0 Å². The summed E-state index contributed by atoms with van der Waals surface area (Å²) in [6, 6.07) is 7.92. The van der Waals surface area contributed by atoms with Gasteiger partial charge in [-0.1, -0.05) is 6.07 Å². The average molecular weight is 520 g/mol. The van der Waals surface area contributed by atoms with Crippen molar-refractivity contribution in [2.45, 2.75) is 19.0 Å². The molecule has 4 rings (SSSR count). The summed E-state index contributed by atoms with van der Waals surface area (Å²) in [6.45, 7) is -0.259. The number of nitrogens with zero attached hydrogens (tertiary/aromatic N) is 4. The third-order valence-electron chi connectivity index (χ3n) is 5.59. The molecule has 37 heavy (non-hydrogen) atoms. The number of hydrogen-bond acceptors (Lipinski definition) is 6. The van der Waals surface area contributed by atoms with Crippen molar-refractivity contribution in [3.8, 4) is 5.69 Å². The van der Waals surface area contributed by atoms with Gasteiger partial charge in [-0.2, -0.15) is 23.0 Å². The molecule has 0 spiro atoms. The van der Waals surface area contributed by atoms with Crippen LogP contribution < -0.4 is 21.5 Å². The second-order valence-corrected chi connectivity index (χ2v) is 8.24. The quantitative estimate of drug-likeness (QED) is 0.291. The fourth-order valence-corrected chi connectivity index (χ4v) is 3.95. The van der Waals surface area contributed by atoms with Gasteiger partial charge < -0.3 is 16.0 Å². The molecular formula is C24H21F5N6O2. The van der Waals surface area contributed by atoms with E-state index in [9.17, 15) is 31.5 Å². The van der Waals surface area contributed by atoms with Gasteiger partial charge in [-0.3, -0.25) is 14.6 Å². The summed E-state index contributed by atoms with van der Waals surface area (Å²) in [7, 11) is 0. The highest BCUT2D eigenvalue weighted by Crippen LogP contribution is 2.35. The van der Waals surface area contributed by atoms with Gasteiger partial charge in [-0.15, -0.1) is 0 Å². The first-order valence-electron chi connectivity index (χ1n) is 11.2. The van der Waals surface area contributed by atoms with Crippen molar-refractivity contribution in [1.29, 1.82) is 0 Å². The minimum Gasteiger partial charge on any atom is -0.398 e. The highest BCUT2D eigenvalue weighted by molar-refractivity contribution is 6.08. The largest absolute Gasteiger partial charge is 0.407 e. The Bertz CT molecular complexity index is 1390. The van der Waals surface area contributed by atoms with Gasteiger partial charge in [0.15, 0.2) is 11.6 Å². The number of aliphatic imine (C=N–C) groups is 1. The van der Waals surface area contributed by atoms with E-state index in [0.717, 1.165) is 49.4 Å². The van der Waals surface area contributed by atoms with E-state index in [2.05, 4.69) is 15.4 Å². The van der Waals surface area contributed by atoms with Crippen LogP contribution in [0.4, 0.5) is 39.0 Å². The number of carbonyl (C=O) groups excluding carboxylic acids is 1. The van der Waals surface area contributed by atoms with Crippen molar-refractivity contribution in [3.63, 3.8) is 0 Å². The molecule has 3 aromatic rings. The number of rotatable bonds is 6. The van der Waals surface area contributed by atoms with Gasteiger partial charge in [0.05, 0.1) is 11.4 Å². The molecule has 1 aromatic heterocycles. The highest BCUT2D eigenvalue weighted by Gasteiger charge is 2.27. The van der Waals surface area contributed by atoms with Gasteiger partial charge >= 0.3 is 6.18 Å². The highest BCUT2D eigenvalue weighted by atomic mass is 19.4. The molecule has 0 atom stereocenters. The van der Waals surface area contributed by atoms with Gasteiger partial charge in [0.1, 0.15) is 17.9 Å². The van der Waals surface area contributed by atoms with E-state index in [1.165, 1.54) is 12.1 Å². The maximum absolute atomic E-state index is 14.2. The number of halogens is 5. The van der Waals surface area contributed by atoms with Crippen LogP contribution in [0.1, 0.15) is 28.9 Å². The monoisotopic (exact) mass is 520 g/mol. The molecule has 0 radical (unpaired) electrons. The van der Waals surface area contributed by atoms with E-state index < -0.39 is 41.5 Å². The lowest BCUT2D eigenvalue weighted by Crippen LogP contribution is -2.27. The Morgan fingerprint density at radius 3 is 2.38 bits per heavy atom. The summed E-state index contributed by atoms with van der Waals surface area (Å²) >= 11 is 0. The summed E-state index contributed by atoms with van der Waals surface area (Å²) in [5, 5.41) is 6.45. The minimum absolute atomic E-state index is 0.160. The van der Waals surface area contributed by atoms with Crippen LogP contribution in [0.25, 0.3) is 5.69 Å². The fraction of sp³-hybridized carbons (Fsp3) is 0.250. The lowest BCUT2D eigenvalue weighted by atomic mass is 10.1. The van der Waals surface area contributed by atoms with E-state index in [4.69, 9.17) is 5.73 Å². The first kappa shape index (κ1) is 25.8. The molecule has 0 bridgehead atoms. The molecular weight excluding hydrogens is 499 g/mol. The maximum Gasteiger partial charge on any atom is 0.407 e. The third kappa shape index (κ3) is 5.76. The number of alkyl halides is 3. The molecule has 2 aromatic carbocycles. The van der Waals surface area contributed by atoms with Crippen LogP contribution in [-0.2, 0) is 0 Å². The Balaban J connectivity index is 1.72. The number of nitrogens with one attached hydrogen (secondary N) is 1. The number of hydrogen-bond donors (Lipinski definition) is 2. The number of carbonyl (C=O) groups is 1. The molecule has 3 N–H and O–H groups in total. The Hall–Kier alpha value is -4.29. The zero-order valence-electron chi connectivity index (χ0n) is 19.2. The first-order chi connectivity index (χ1) is 17.5. The van der Waals surface area contributed by atoms with Gasteiger partial charge in [-0.05, 0) is 43.2 Å². The molecule has 194 valence electrons. The third-order valence-corrected chi connectivity index (χ3v) is 5.59. The van der Waals surface area contributed by atoms with Crippen LogP contribution >= 0.6 is 0 Å². The number of amides is 1. The van der Waals surface area contributed by atoms with Gasteiger partial charge in [0.25, 0.3) is 11.5 Å². The number of aromatic nitrogens is 2. The molecule has 8 nitrogen and oxygen atoms in total. The van der Waals surface area contributed by atoms with Crippen LogP contribution in [-0.4, -0.2) is 47.7 Å². The summed E-state index contributed by atoms with van der Waals surface area (Å²) in [5.41, 5.74) is 5.06. The number of nitrogens with two attached hydrogens (primary N) is 1. The molecule has 1 fully saturated rings. The van der Waals surface area contributed by atoms with Crippen LogP contribution in [0.5, 0.6) is 0 Å². The second kappa shape index (κ2) is 10.4. The number of anilines is 3. The Kier molecular flexibility index (Phi) is 7.23. The lowest BCUT2D eigenvalue weighted by molar-refractivity contribution is -0.118. The second-order valence-electron chi connectivity index (χ2n) is 8.24. The lowest BCUT2D eigenvalue weighted by Gasteiger charge is -2.25. The van der Waals surface area contributed by atoms with E-state index >= 15 is 0 Å². The summed E-state index contributed by atoms with van der Waals surface area (Å²) in [5.74, 6) is -2.93. The Morgan fingerprint density at radius 2 is 1.73 bits per heavy atom. The maximum atomic E-state index is 14.2. The van der Waals surface area contributed by atoms with E-state index in [0.29, 0.717) is 23.5 Å². The number of para-hydroxylation sites is 1. The van der Waals surface area contributed by atoms with Gasteiger partial charge in [0.2, 0.25) is 0 Å². The zero-order chi connectivity index (χ0) is 26.7. The normalized spacial score (nSPS) is 13.9. The van der Waals surface area contributed by atoms with Crippen molar-refractivity contribution in [3.05, 3.63) is 75.7 Å². The van der Waals surface area contributed by atoms with Crippen LogP contribution in [0.15, 0.2) is 52.3 Å². The SMILES string of the molecule is Nc1ccc(NC(=O)c2ccc(=O)n(-c3c(F)cccc3F)n2)c(N2CCCC2)c1C=NCC(F)(F)F. The van der Waals surface area contributed by atoms with E-state index in [-0.39, 0.29) is 22.6 Å². The van der Waals surface area contributed by atoms with Gasteiger partial charge in [0, 0.05) is 36.6 Å². The van der Waals surface area contributed by atoms with Crippen molar-refractivity contribution >= 4 is 29.2 Å². The van der Waals surface area contributed by atoms with Gasteiger partial charge in [-0.25, -0.2) is 8.78 Å². The topological polar surface area (TPSA) is 106 Å². The molecule has 1 saturated heterocycles. The Labute approximate surface area is 207 Å². The predicted molar refractivity (Wildman–Crippen MR) is 129 cm³/mol. The van der Waals surface area contributed by atoms with Crippen molar-refractivity contribution in [1.82, 2.24) is 9.78 Å². The summed E-state index contributed by atoms with van der Waals surface area (Å²) in [4.78, 5) is 30.7. The van der Waals surface area contributed by atoms with E-state index in [1.54, 1.807) is 0 Å². The minimum atomic E-state index is -4.50. The molecule has 0 aliphatic carbocycles. The zero-order valence-corrected chi connectivity index (χ0v) is 19.2. The molecule has 0 unspecified atom stereocenters. The fourth-order valence-electron chi connectivity index (χ4n) is 3.95. The smallest absolute Gasteiger partial charge is 0.398 e. The first-order valence-corrected chi connectivity index (χ1v) is 11.2. The summed E-state index contributed by atoms with van der Waals surface area (Å²) in [6.07, 6.45) is -1.84. The molecule has 1 aliphatic rings. The molecule has 1 aliphatic heterocycles. The predicted octanol–water partition coefficient (Wildman–Crippen LogP) is 3.93. The molecule has 1 amide bonds. The molecule has 0 saturated carbocycles. The van der Waals surface area contributed by atoms with Crippen LogP contribution in [0.2, 0.25) is 0 Å². The van der Waals surface area contributed by atoms with Crippen LogP contribution in [0, 0.1) is 11.6 Å². The summed E-state index contributed by atoms with van der Waals surface area (Å²) < 4.78 is 66.8. The molecule has 13 heteroatoms. The Morgan fingerprint density at radius 1 is 1.05 bits per heavy atom. The number of benzene rings is 2. The standard InChI is InChI=1S/C24H21F5N6O2/c25-15-4-3-5-16(26)22(15)35-20(36)9-8-19(33-35)23(37)32-18-7-6-17(30)14(12-31-13-24(27,28)29)21(18)34-10-1-2-11-34/h3-9,12H,1-2,10-11,13,30H2,(H,32,37). The number of nitrogen functional groups attached to an aromatic ring is 1.